The Bertz CT molecular complexity index is 238. The molecule has 0 heterocycles. The molecule has 126 valence electrons. The number of halogens is 2. The topological polar surface area (TPSA) is 0 Å². The molecule has 0 aromatic heterocycles. The molecule has 21 heavy (non-hydrogen) atoms. The molecule has 0 radical (unpaired) electrons. The molecule has 2 aliphatic rings. The van der Waals surface area contributed by atoms with Gasteiger partial charge in [0.2, 0.25) is 0 Å². The quantitative estimate of drug-likeness (QED) is 0.399. The Kier molecular flexibility index (Phi) is 10.9. The zero-order chi connectivity index (χ0) is 15.7. The molecule has 0 N–H and O–H groups in total. The largest absolute Gasteiger partial charge is 0.0928 e. The van der Waals surface area contributed by atoms with Gasteiger partial charge in [-0.05, 0) is 68.6 Å². The molecule has 2 saturated carbocycles. The lowest BCUT2D eigenvalue weighted by molar-refractivity contribution is 0.144. The molecule has 0 saturated heterocycles. The van der Waals surface area contributed by atoms with E-state index < -0.39 is 0 Å². The summed E-state index contributed by atoms with van der Waals surface area (Å²) in [6, 6.07) is 0. The second-order valence-electron chi connectivity index (χ2n) is 6.86. The van der Waals surface area contributed by atoms with Crippen LogP contribution in [0.3, 0.4) is 0 Å². The Hall–Kier alpha value is 0.960. The van der Waals surface area contributed by atoms with Gasteiger partial charge in [0.05, 0.1) is 0 Å². The molecule has 0 amide bonds. The summed E-state index contributed by atoms with van der Waals surface area (Å²) in [5.74, 6) is 4.14. The molecule has 0 aromatic carbocycles. The zero-order valence-corrected chi connectivity index (χ0v) is 17.6. The molecule has 0 spiro atoms. The summed E-state index contributed by atoms with van der Waals surface area (Å²) in [5, 5.41) is 1.14. The van der Waals surface area contributed by atoms with Gasteiger partial charge < -0.3 is 0 Å². The first-order chi connectivity index (χ1) is 10.2. The molecular formula is C19H36Br2. The zero-order valence-electron chi connectivity index (χ0n) is 14.4. The van der Waals surface area contributed by atoms with Gasteiger partial charge in [-0.15, -0.1) is 0 Å². The highest BCUT2D eigenvalue weighted by Gasteiger charge is 2.32. The summed E-state index contributed by atoms with van der Waals surface area (Å²) in [4.78, 5) is 0.753. The van der Waals surface area contributed by atoms with E-state index in [4.69, 9.17) is 0 Å². The number of alkyl halides is 2. The van der Waals surface area contributed by atoms with E-state index in [2.05, 4.69) is 38.8 Å². The third-order valence-corrected chi connectivity index (χ3v) is 7.51. The molecule has 2 heteroatoms. The highest BCUT2D eigenvalue weighted by molar-refractivity contribution is 9.10. The SMILES string of the molecule is CC.CCC1CCC(C2CCC(C(Br)CCBr)CC2)CC1. The van der Waals surface area contributed by atoms with Gasteiger partial charge in [-0.2, -0.15) is 0 Å². The molecular weight excluding hydrogens is 388 g/mol. The normalized spacial score (nSPS) is 34.7. The first-order valence-corrected chi connectivity index (χ1v) is 11.5. The average molecular weight is 424 g/mol. The van der Waals surface area contributed by atoms with Crippen molar-refractivity contribution in [3.63, 3.8) is 0 Å². The van der Waals surface area contributed by atoms with Gasteiger partial charge in [-0.1, -0.05) is 71.9 Å². The Morgan fingerprint density at radius 2 is 1.33 bits per heavy atom. The van der Waals surface area contributed by atoms with Crippen molar-refractivity contribution in [2.24, 2.45) is 23.7 Å². The lowest BCUT2D eigenvalue weighted by Gasteiger charge is -2.38. The fourth-order valence-corrected chi connectivity index (χ4v) is 6.25. The number of hydrogen-bond acceptors (Lipinski definition) is 0. The van der Waals surface area contributed by atoms with Crippen LogP contribution in [0.25, 0.3) is 0 Å². The smallest absolute Gasteiger partial charge is 0.0182 e. The highest BCUT2D eigenvalue weighted by atomic mass is 79.9. The van der Waals surface area contributed by atoms with Gasteiger partial charge >= 0.3 is 0 Å². The van der Waals surface area contributed by atoms with Gasteiger partial charge in [0.25, 0.3) is 0 Å². The first kappa shape index (κ1) is 20.0. The van der Waals surface area contributed by atoms with Gasteiger partial charge in [-0.25, -0.2) is 0 Å². The van der Waals surface area contributed by atoms with Crippen LogP contribution in [-0.4, -0.2) is 10.2 Å². The number of hydrogen-bond donors (Lipinski definition) is 0. The predicted octanol–water partition coefficient (Wildman–Crippen LogP) is 7.58. The maximum Gasteiger partial charge on any atom is 0.0182 e. The summed E-state index contributed by atoms with van der Waals surface area (Å²) in [7, 11) is 0. The van der Waals surface area contributed by atoms with Crippen LogP contribution >= 0.6 is 31.9 Å². The summed E-state index contributed by atoms with van der Waals surface area (Å²) in [5.41, 5.74) is 0. The van der Waals surface area contributed by atoms with E-state index in [0.29, 0.717) is 0 Å². The molecule has 1 unspecified atom stereocenters. The van der Waals surface area contributed by atoms with Crippen molar-refractivity contribution in [1.82, 2.24) is 0 Å². The van der Waals surface area contributed by atoms with E-state index >= 15 is 0 Å². The maximum absolute atomic E-state index is 3.90. The van der Waals surface area contributed by atoms with Crippen LogP contribution in [0.1, 0.15) is 85.0 Å². The standard InChI is InChI=1S/C17H30Br2.C2H6/c1-2-13-3-5-14(6-4-13)15-7-9-16(10-8-15)17(19)11-12-18;1-2/h13-17H,2-12H2,1H3;1-2H3. The van der Waals surface area contributed by atoms with Gasteiger partial charge in [0.1, 0.15) is 0 Å². The van der Waals surface area contributed by atoms with Gasteiger partial charge in [-0.3, -0.25) is 0 Å². The predicted molar refractivity (Wildman–Crippen MR) is 104 cm³/mol. The third kappa shape index (κ3) is 6.53. The van der Waals surface area contributed by atoms with E-state index in [1.807, 2.05) is 13.8 Å². The first-order valence-electron chi connectivity index (χ1n) is 9.44. The van der Waals surface area contributed by atoms with Crippen LogP contribution in [0.2, 0.25) is 0 Å². The van der Waals surface area contributed by atoms with Crippen LogP contribution < -0.4 is 0 Å². The van der Waals surface area contributed by atoms with Crippen LogP contribution in [-0.2, 0) is 0 Å². The minimum absolute atomic E-state index is 0.753. The maximum atomic E-state index is 3.90. The molecule has 0 bridgehead atoms. The van der Waals surface area contributed by atoms with Crippen molar-refractivity contribution in [3.8, 4) is 0 Å². The monoisotopic (exact) mass is 422 g/mol. The Labute approximate surface area is 150 Å². The highest BCUT2D eigenvalue weighted by Crippen LogP contribution is 2.43. The van der Waals surface area contributed by atoms with Gasteiger partial charge in [0, 0.05) is 10.2 Å². The number of rotatable bonds is 5. The van der Waals surface area contributed by atoms with Crippen LogP contribution in [0.4, 0.5) is 0 Å². The molecule has 2 aliphatic carbocycles. The van der Waals surface area contributed by atoms with Crippen molar-refractivity contribution < 1.29 is 0 Å². The Balaban J connectivity index is 0.00000106. The fraction of sp³-hybridized carbons (Fsp3) is 1.00. The Morgan fingerprint density at radius 3 is 1.76 bits per heavy atom. The van der Waals surface area contributed by atoms with E-state index in [9.17, 15) is 0 Å². The summed E-state index contributed by atoms with van der Waals surface area (Å²) in [6.45, 7) is 6.37. The summed E-state index contributed by atoms with van der Waals surface area (Å²) < 4.78 is 0. The molecule has 2 fully saturated rings. The minimum Gasteiger partial charge on any atom is -0.0928 e. The molecule has 0 aliphatic heterocycles. The van der Waals surface area contributed by atoms with Crippen LogP contribution in [0, 0.1) is 23.7 Å². The van der Waals surface area contributed by atoms with Crippen molar-refractivity contribution in [2.75, 3.05) is 5.33 Å². The van der Waals surface area contributed by atoms with Crippen molar-refractivity contribution in [1.29, 1.82) is 0 Å². The summed E-state index contributed by atoms with van der Waals surface area (Å²) in [6.07, 6.45) is 14.8. The van der Waals surface area contributed by atoms with E-state index in [-0.39, 0.29) is 0 Å². The second kappa shape index (κ2) is 11.5. The molecule has 2 rings (SSSR count). The third-order valence-electron chi connectivity index (χ3n) is 5.85. The average Bonchev–Trinajstić information content (AvgIpc) is 2.57. The van der Waals surface area contributed by atoms with Crippen molar-refractivity contribution in [2.45, 2.75) is 89.8 Å². The lowest BCUT2D eigenvalue weighted by atomic mass is 9.68. The minimum atomic E-state index is 0.753. The van der Waals surface area contributed by atoms with Crippen molar-refractivity contribution >= 4 is 31.9 Å². The summed E-state index contributed by atoms with van der Waals surface area (Å²) >= 11 is 7.48. The van der Waals surface area contributed by atoms with Crippen molar-refractivity contribution in [3.05, 3.63) is 0 Å². The van der Waals surface area contributed by atoms with E-state index in [0.717, 1.165) is 33.8 Å². The molecule has 0 aromatic rings. The molecule has 0 nitrogen and oxygen atoms in total. The van der Waals surface area contributed by atoms with Crippen LogP contribution in [0.15, 0.2) is 0 Å². The van der Waals surface area contributed by atoms with Gasteiger partial charge in [0.15, 0.2) is 0 Å². The van der Waals surface area contributed by atoms with E-state index in [1.54, 1.807) is 0 Å². The second-order valence-corrected chi connectivity index (χ2v) is 8.83. The van der Waals surface area contributed by atoms with E-state index in [1.165, 1.54) is 64.2 Å². The molecule has 1 atom stereocenters. The lowest BCUT2D eigenvalue weighted by Crippen LogP contribution is -2.28. The fourth-order valence-electron chi connectivity index (χ4n) is 4.39. The Morgan fingerprint density at radius 1 is 0.857 bits per heavy atom. The van der Waals surface area contributed by atoms with Crippen LogP contribution in [0.5, 0.6) is 0 Å².